The van der Waals surface area contributed by atoms with Gasteiger partial charge in [-0.3, -0.25) is 0 Å². The number of hydrogen-bond acceptors (Lipinski definition) is 3. The van der Waals surface area contributed by atoms with E-state index in [0.717, 1.165) is 5.52 Å². The topological polar surface area (TPSA) is 50.8 Å². The fourth-order valence-electron chi connectivity index (χ4n) is 1.92. The molecule has 0 amide bonds. The molecule has 0 aliphatic heterocycles. The lowest BCUT2D eigenvalue weighted by Crippen LogP contribution is -1.93. The van der Waals surface area contributed by atoms with Crippen LogP contribution < -0.4 is 4.74 Å². The molecule has 0 fully saturated rings. The zero-order valence-corrected chi connectivity index (χ0v) is 12.2. The first-order valence-electron chi connectivity index (χ1n) is 6.13. The SMILES string of the molecule is CCOc1ccc2[nH]c(-c3cccc(Br)c3F)nc2n1. The summed E-state index contributed by atoms with van der Waals surface area (Å²) in [7, 11) is 0. The van der Waals surface area contributed by atoms with Crippen molar-refractivity contribution >= 4 is 27.1 Å². The number of nitrogens with one attached hydrogen (secondary N) is 1. The van der Waals surface area contributed by atoms with Crippen molar-refractivity contribution in [3.63, 3.8) is 0 Å². The fraction of sp³-hybridized carbons (Fsp3) is 0.143. The molecular formula is C14H11BrFN3O. The van der Waals surface area contributed by atoms with E-state index in [9.17, 15) is 4.39 Å². The third kappa shape index (κ3) is 2.27. The Morgan fingerprint density at radius 2 is 2.10 bits per heavy atom. The maximum absolute atomic E-state index is 14.1. The number of fused-ring (bicyclic) bond motifs is 1. The minimum atomic E-state index is -0.350. The highest BCUT2D eigenvalue weighted by Crippen LogP contribution is 2.27. The number of imidazole rings is 1. The normalized spacial score (nSPS) is 10.9. The monoisotopic (exact) mass is 335 g/mol. The third-order valence-electron chi connectivity index (χ3n) is 2.82. The summed E-state index contributed by atoms with van der Waals surface area (Å²) in [5.74, 6) is 0.601. The molecule has 1 N–H and O–H groups in total. The Kier molecular flexibility index (Phi) is 3.40. The van der Waals surface area contributed by atoms with Crippen LogP contribution in [0, 0.1) is 5.82 Å². The van der Waals surface area contributed by atoms with Crippen molar-refractivity contribution in [2.75, 3.05) is 6.61 Å². The first kappa shape index (κ1) is 13.1. The number of ether oxygens (including phenoxy) is 1. The van der Waals surface area contributed by atoms with Gasteiger partial charge in [0.25, 0.3) is 0 Å². The van der Waals surface area contributed by atoms with Crippen LogP contribution >= 0.6 is 15.9 Å². The lowest BCUT2D eigenvalue weighted by molar-refractivity contribution is 0.328. The average molecular weight is 336 g/mol. The van der Waals surface area contributed by atoms with Gasteiger partial charge in [0.05, 0.1) is 22.2 Å². The van der Waals surface area contributed by atoms with Crippen molar-refractivity contribution in [1.82, 2.24) is 15.0 Å². The van der Waals surface area contributed by atoms with Crippen LogP contribution in [0.4, 0.5) is 4.39 Å². The van der Waals surface area contributed by atoms with Crippen LogP contribution in [0.15, 0.2) is 34.8 Å². The van der Waals surface area contributed by atoms with Crippen molar-refractivity contribution in [1.29, 1.82) is 0 Å². The second-order valence-corrected chi connectivity index (χ2v) is 4.99. The second kappa shape index (κ2) is 5.20. The Hall–Kier alpha value is -1.95. The molecule has 0 saturated carbocycles. The van der Waals surface area contributed by atoms with Crippen LogP contribution in [0.1, 0.15) is 6.92 Å². The third-order valence-corrected chi connectivity index (χ3v) is 3.43. The first-order valence-corrected chi connectivity index (χ1v) is 6.92. The molecule has 0 saturated heterocycles. The lowest BCUT2D eigenvalue weighted by atomic mass is 10.2. The molecule has 1 aromatic carbocycles. The lowest BCUT2D eigenvalue weighted by Gasteiger charge is -2.00. The van der Waals surface area contributed by atoms with Gasteiger partial charge in [0.2, 0.25) is 5.88 Å². The second-order valence-electron chi connectivity index (χ2n) is 4.14. The smallest absolute Gasteiger partial charge is 0.215 e. The molecule has 3 aromatic rings. The van der Waals surface area contributed by atoms with Crippen LogP contribution in [0.25, 0.3) is 22.6 Å². The zero-order chi connectivity index (χ0) is 14.1. The molecule has 0 aliphatic rings. The van der Waals surface area contributed by atoms with Gasteiger partial charge in [0.15, 0.2) is 5.65 Å². The van der Waals surface area contributed by atoms with Gasteiger partial charge < -0.3 is 9.72 Å². The quantitative estimate of drug-likeness (QED) is 0.789. The first-order chi connectivity index (χ1) is 9.69. The molecule has 20 heavy (non-hydrogen) atoms. The number of rotatable bonds is 3. The van der Waals surface area contributed by atoms with E-state index in [-0.39, 0.29) is 5.82 Å². The molecule has 0 aliphatic carbocycles. The summed E-state index contributed by atoms with van der Waals surface area (Å²) in [6.45, 7) is 2.43. The number of pyridine rings is 1. The molecule has 0 unspecified atom stereocenters. The molecule has 0 atom stereocenters. The van der Waals surface area contributed by atoms with Gasteiger partial charge in [-0.2, -0.15) is 4.98 Å². The summed E-state index contributed by atoms with van der Waals surface area (Å²) in [5, 5.41) is 0. The molecule has 2 heterocycles. The number of aromatic nitrogens is 3. The minimum absolute atomic E-state index is 0.350. The van der Waals surface area contributed by atoms with E-state index in [0.29, 0.717) is 34.0 Å². The van der Waals surface area contributed by atoms with Crippen molar-refractivity contribution < 1.29 is 9.13 Å². The number of H-pyrrole nitrogens is 1. The van der Waals surface area contributed by atoms with E-state index in [2.05, 4.69) is 30.9 Å². The largest absolute Gasteiger partial charge is 0.478 e. The zero-order valence-electron chi connectivity index (χ0n) is 10.7. The summed E-state index contributed by atoms with van der Waals surface area (Å²) in [6.07, 6.45) is 0. The highest BCUT2D eigenvalue weighted by Gasteiger charge is 2.13. The Labute approximate surface area is 123 Å². The highest BCUT2D eigenvalue weighted by molar-refractivity contribution is 9.10. The van der Waals surface area contributed by atoms with E-state index in [1.165, 1.54) is 0 Å². The number of aromatic amines is 1. The summed E-state index contributed by atoms with van der Waals surface area (Å²) in [6, 6.07) is 8.65. The minimum Gasteiger partial charge on any atom is -0.478 e. The Morgan fingerprint density at radius 1 is 1.25 bits per heavy atom. The maximum atomic E-state index is 14.1. The fourth-order valence-corrected chi connectivity index (χ4v) is 2.28. The van der Waals surface area contributed by atoms with Gasteiger partial charge in [0.1, 0.15) is 11.6 Å². The van der Waals surface area contributed by atoms with Crippen LogP contribution in [0.5, 0.6) is 5.88 Å². The Morgan fingerprint density at radius 3 is 2.90 bits per heavy atom. The Bertz CT molecular complexity index is 772. The maximum Gasteiger partial charge on any atom is 0.215 e. The number of nitrogens with zero attached hydrogens (tertiary/aromatic N) is 2. The van der Waals surface area contributed by atoms with E-state index in [4.69, 9.17) is 4.74 Å². The average Bonchev–Trinajstić information content (AvgIpc) is 2.85. The molecule has 0 bridgehead atoms. The van der Waals surface area contributed by atoms with Gasteiger partial charge in [-0.05, 0) is 41.1 Å². The number of halogens is 2. The van der Waals surface area contributed by atoms with Crippen molar-refractivity contribution in [3.8, 4) is 17.3 Å². The van der Waals surface area contributed by atoms with E-state index in [1.807, 2.05) is 13.0 Å². The van der Waals surface area contributed by atoms with Gasteiger partial charge in [-0.15, -0.1) is 0 Å². The standard InChI is InChI=1S/C14H11BrFN3O/c1-2-20-11-7-6-10-14(18-11)19-13(17-10)8-4-3-5-9(15)12(8)16/h3-7H,2H2,1H3,(H,17,18,19). The van der Waals surface area contributed by atoms with Gasteiger partial charge in [-0.25, -0.2) is 9.37 Å². The molecule has 0 spiro atoms. The van der Waals surface area contributed by atoms with Crippen LogP contribution in [-0.4, -0.2) is 21.6 Å². The molecular weight excluding hydrogens is 325 g/mol. The van der Waals surface area contributed by atoms with Crippen LogP contribution in [0.3, 0.4) is 0 Å². The van der Waals surface area contributed by atoms with Gasteiger partial charge in [0, 0.05) is 6.07 Å². The molecule has 3 rings (SSSR count). The summed E-state index contributed by atoms with van der Waals surface area (Å²) < 4.78 is 19.8. The van der Waals surface area contributed by atoms with Crippen LogP contribution in [0.2, 0.25) is 0 Å². The predicted molar refractivity (Wildman–Crippen MR) is 78.2 cm³/mol. The summed E-state index contributed by atoms with van der Waals surface area (Å²) in [5.41, 5.74) is 1.64. The summed E-state index contributed by atoms with van der Waals surface area (Å²) in [4.78, 5) is 11.6. The van der Waals surface area contributed by atoms with Crippen molar-refractivity contribution in [2.45, 2.75) is 6.92 Å². The van der Waals surface area contributed by atoms with E-state index in [1.54, 1.807) is 24.3 Å². The van der Waals surface area contributed by atoms with Crippen molar-refractivity contribution in [3.05, 3.63) is 40.6 Å². The van der Waals surface area contributed by atoms with Gasteiger partial charge >= 0.3 is 0 Å². The molecule has 6 heteroatoms. The van der Waals surface area contributed by atoms with Crippen molar-refractivity contribution in [2.24, 2.45) is 0 Å². The number of benzene rings is 1. The number of hydrogen-bond donors (Lipinski definition) is 1. The van der Waals surface area contributed by atoms with E-state index >= 15 is 0 Å². The molecule has 0 radical (unpaired) electrons. The Balaban J connectivity index is 2.10. The molecule has 4 nitrogen and oxygen atoms in total. The predicted octanol–water partition coefficient (Wildman–Crippen LogP) is 3.93. The van der Waals surface area contributed by atoms with E-state index < -0.39 is 0 Å². The summed E-state index contributed by atoms with van der Waals surface area (Å²) >= 11 is 3.17. The van der Waals surface area contributed by atoms with Crippen LogP contribution in [-0.2, 0) is 0 Å². The highest BCUT2D eigenvalue weighted by atomic mass is 79.9. The molecule has 2 aromatic heterocycles. The molecule has 102 valence electrons. The van der Waals surface area contributed by atoms with Gasteiger partial charge in [-0.1, -0.05) is 6.07 Å².